The van der Waals surface area contributed by atoms with Crippen LogP contribution < -0.4 is 4.74 Å². The monoisotopic (exact) mass is 561 g/mol. The van der Waals surface area contributed by atoms with Crippen LogP contribution in [0.15, 0.2) is 62.2 Å². The molecule has 3 rings (SSSR count). The Morgan fingerprint density at radius 2 is 1.52 bits per heavy atom. The Kier molecular flexibility index (Phi) is 9.13. The standard InChI is InChI=1S/C24H21Br2NO3S/c25-22-15-21(23(26)31-22)24(28)30-14-4-2-1-3-13-29-20-11-9-19(10-12-20)18-7-5-17(16-27)6-8-18/h5-12,15H,1-4,13-14H2. The average molecular weight is 563 g/mol. The molecule has 0 saturated carbocycles. The van der Waals surface area contributed by atoms with Gasteiger partial charge in [0.05, 0.1) is 38.0 Å². The molecule has 0 unspecified atom stereocenters. The van der Waals surface area contributed by atoms with E-state index in [0.717, 1.165) is 50.1 Å². The Labute approximate surface area is 203 Å². The van der Waals surface area contributed by atoms with Gasteiger partial charge in [0.15, 0.2) is 0 Å². The van der Waals surface area contributed by atoms with Gasteiger partial charge in [0.1, 0.15) is 5.75 Å². The lowest BCUT2D eigenvalue weighted by molar-refractivity contribution is 0.0497. The first-order valence-electron chi connectivity index (χ1n) is 9.92. The molecule has 31 heavy (non-hydrogen) atoms. The minimum atomic E-state index is -0.290. The summed E-state index contributed by atoms with van der Waals surface area (Å²) in [5, 5.41) is 8.88. The van der Waals surface area contributed by atoms with Crippen LogP contribution in [0.3, 0.4) is 0 Å². The zero-order valence-electron chi connectivity index (χ0n) is 16.8. The average Bonchev–Trinajstić information content (AvgIpc) is 3.14. The summed E-state index contributed by atoms with van der Waals surface area (Å²) in [6.07, 6.45) is 3.81. The molecule has 1 aromatic heterocycles. The van der Waals surface area contributed by atoms with Gasteiger partial charge < -0.3 is 9.47 Å². The summed E-state index contributed by atoms with van der Waals surface area (Å²) < 4.78 is 12.8. The maximum Gasteiger partial charge on any atom is 0.340 e. The Morgan fingerprint density at radius 3 is 2.10 bits per heavy atom. The van der Waals surface area contributed by atoms with Crippen LogP contribution >= 0.6 is 43.2 Å². The summed E-state index contributed by atoms with van der Waals surface area (Å²) in [7, 11) is 0. The predicted octanol–water partition coefficient (Wildman–Crippen LogP) is 7.61. The molecule has 0 aliphatic carbocycles. The molecule has 4 nitrogen and oxygen atoms in total. The van der Waals surface area contributed by atoms with Gasteiger partial charge in [-0.05, 0) is 99.0 Å². The van der Waals surface area contributed by atoms with E-state index in [4.69, 9.17) is 14.7 Å². The van der Waals surface area contributed by atoms with E-state index in [1.807, 2.05) is 48.5 Å². The van der Waals surface area contributed by atoms with Gasteiger partial charge >= 0.3 is 5.97 Å². The van der Waals surface area contributed by atoms with Gasteiger partial charge in [-0.2, -0.15) is 5.26 Å². The largest absolute Gasteiger partial charge is 0.494 e. The molecule has 0 radical (unpaired) electrons. The first-order valence-corrected chi connectivity index (χ1v) is 12.3. The van der Waals surface area contributed by atoms with Gasteiger partial charge in [-0.1, -0.05) is 24.3 Å². The van der Waals surface area contributed by atoms with Crippen LogP contribution in [0.4, 0.5) is 0 Å². The fraction of sp³-hybridized carbons (Fsp3) is 0.250. The molecule has 0 aliphatic rings. The minimum absolute atomic E-state index is 0.290. The first kappa shape index (κ1) is 23.5. The van der Waals surface area contributed by atoms with E-state index in [1.165, 1.54) is 11.3 Å². The molecule has 0 N–H and O–H groups in total. The number of carbonyl (C=O) groups is 1. The number of unbranched alkanes of at least 4 members (excludes halogenated alkanes) is 3. The van der Waals surface area contributed by atoms with Crippen LogP contribution in [0.1, 0.15) is 41.6 Å². The Bertz CT molecular complexity index is 1040. The van der Waals surface area contributed by atoms with Crippen molar-refractivity contribution in [2.24, 2.45) is 0 Å². The molecule has 3 aromatic rings. The SMILES string of the molecule is N#Cc1ccc(-c2ccc(OCCCCCCOC(=O)c3cc(Br)sc3Br)cc2)cc1. The number of ether oxygens (including phenoxy) is 2. The lowest BCUT2D eigenvalue weighted by Gasteiger charge is -2.08. The van der Waals surface area contributed by atoms with E-state index >= 15 is 0 Å². The normalized spacial score (nSPS) is 10.5. The first-order chi connectivity index (χ1) is 15.1. The maximum absolute atomic E-state index is 12.0. The van der Waals surface area contributed by atoms with E-state index in [1.54, 1.807) is 6.07 Å². The van der Waals surface area contributed by atoms with Gasteiger partial charge in [-0.15, -0.1) is 11.3 Å². The Hall–Kier alpha value is -2.14. The van der Waals surface area contributed by atoms with Crippen LogP contribution in [0, 0.1) is 11.3 Å². The minimum Gasteiger partial charge on any atom is -0.494 e. The number of esters is 1. The van der Waals surface area contributed by atoms with Crippen LogP contribution in [0.5, 0.6) is 5.75 Å². The molecule has 160 valence electrons. The molecule has 0 aliphatic heterocycles. The quantitative estimate of drug-likeness (QED) is 0.188. The highest BCUT2D eigenvalue weighted by Crippen LogP contribution is 2.32. The van der Waals surface area contributed by atoms with Crippen LogP contribution in [-0.2, 0) is 4.74 Å². The molecule has 7 heteroatoms. The zero-order valence-corrected chi connectivity index (χ0v) is 20.8. The summed E-state index contributed by atoms with van der Waals surface area (Å²) in [6, 6.07) is 19.4. The molecule has 0 spiro atoms. The number of benzene rings is 2. The molecular weight excluding hydrogens is 542 g/mol. The van der Waals surface area contributed by atoms with Crippen molar-refractivity contribution < 1.29 is 14.3 Å². The van der Waals surface area contributed by atoms with Crippen molar-refractivity contribution in [3.8, 4) is 22.9 Å². The van der Waals surface area contributed by atoms with E-state index in [-0.39, 0.29) is 5.97 Å². The van der Waals surface area contributed by atoms with Crippen LogP contribution in [0.25, 0.3) is 11.1 Å². The number of rotatable bonds is 10. The molecule has 0 fully saturated rings. The highest BCUT2D eigenvalue weighted by molar-refractivity contribution is 9.12. The molecule has 2 aromatic carbocycles. The third-order valence-corrected chi connectivity index (χ3v) is 6.96. The van der Waals surface area contributed by atoms with Gasteiger partial charge in [0.25, 0.3) is 0 Å². The lowest BCUT2D eigenvalue weighted by Crippen LogP contribution is -2.06. The van der Waals surface area contributed by atoms with Crippen molar-refractivity contribution in [3.05, 3.63) is 73.3 Å². The molecule has 1 heterocycles. The second-order valence-corrected chi connectivity index (χ2v) is 10.6. The van der Waals surface area contributed by atoms with Gasteiger partial charge in [0.2, 0.25) is 0 Å². The number of nitrogens with zero attached hydrogens (tertiary/aromatic N) is 1. The second-order valence-electron chi connectivity index (χ2n) is 6.85. The smallest absolute Gasteiger partial charge is 0.340 e. The maximum atomic E-state index is 12.0. The van der Waals surface area contributed by atoms with Crippen molar-refractivity contribution in [2.45, 2.75) is 25.7 Å². The summed E-state index contributed by atoms with van der Waals surface area (Å²) in [6.45, 7) is 1.09. The number of hydrogen-bond donors (Lipinski definition) is 0. The van der Waals surface area contributed by atoms with Gasteiger partial charge in [-0.25, -0.2) is 4.79 Å². The van der Waals surface area contributed by atoms with Gasteiger partial charge in [-0.3, -0.25) is 0 Å². The molecule has 0 amide bonds. The number of thiophene rings is 1. The van der Waals surface area contributed by atoms with E-state index < -0.39 is 0 Å². The van der Waals surface area contributed by atoms with Crippen LogP contribution in [0.2, 0.25) is 0 Å². The Morgan fingerprint density at radius 1 is 0.903 bits per heavy atom. The van der Waals surface area contributed by atoms with Crippen molar-refractivity contribution >= 4 is 49.2 Å². The fourth-order valence-corrected chi connectivity index (χ4v) is 5.72. The van der Waals surface area contributed by atoms with Gasteiger partial charge in [0, 0.05) is 0 Å². The van der Waals surface area contributed by atoms with Crippen molar-refractivity contribution in [2.75, 3.05) is 13.2 Å². The van der Waals surface area contributed by atoms with Crippen molar-refractivity contribution in [1.82, 2.24) is 0 Å². The highest BCUT2D eigenvalue weighted by atomic mass is 79.9. The molecule has 0 atom stereocenters. The fourth-order valence-electron chi connectivity index (χ4n) is 2.95. The number of halogens is 2. The van der Waals surface area contributed by atoms with Crippen molar-refractivity contribution in [1.29, 1.82) is 5.26 Å². The third-order valence-electron chi connectivity index (χ3n) is 4.62. The van der Waals surface area contributed by atoms with Crippen molar-refractivity contribution in [3.63, 3.8) is 0 Å². The Balaban J connectivity index is 1.29. The summed E-state index contributed by atoms with van der Waals surface area (Å²) in [4.78, 5) is 12.0. The third kappa shape index (κ3) is 7.20. The van der Waals surface area contributed by atoms with E-state index in [0.29, 0.717) is 24.3 Å². The van der Waals surface area contributed by atoms with E-state index in [2.05, 4.69) is 37.9 Å². The topological polar surface area (TPSA) is 59.3 Å². The summed E-state index contributed by atoms with van der Waals surface area (Å²) in [5.74, 6) is 0.556. The summed E-state index contributed by atoms with van der Waals surface area (Å²) >= 11 is 8.19. The lowest BCUT2D eigenvalue weighted by atomic mass is 10.0. The number of nitriles is 1. The predicted molar refractivity (Wildman–Crippen MR) is 131 cm³/mol. The van der Waals surface area contributed by atoms with E-state index in [9.17, 15) is 4.79 Å². The molecular formula is C24H21Br2NO3S. The number of carbonyl (C=O) groups excluding carboxylic acids is 1. The zero-order chi connectivity index (χ0) is 22.1. The summed E-state index contributed by atoms with van der Waals surface area (Å²) in [5.41, 5.74) is 3.39. The highest BCUT2D eigenvalue weighted by Gasteiger charge is 2.14. The number of hydrogen-bond acceptors (Lipinski definition) is 5. The second kappa shape index (κ2) is 12.0. The van der Waals surface area contributed by atoms with Crippen LogP contribution in [-0.4, -0.2) is 19.2 Å². The molecule has 0 bridgehead atoms. The molecule has 0 saturated heterocycles.